The van der Waals surface area contributed by atoms with E-state index in [1.54, 1.807) is 21.6 Å². The molecule has 6 heteroatoms. The lowest BCUT2D eigenvalue weighted by atomic mass is 10.5. The van der Waals surface area contributed by atoms with E-state index in [2.05, 4.69) is 20.5 Å². The normalized spacial score (nSPS) is 10.8. The van der Waals surface area contributed by atoms with Crippen molar-refractivity contribution in [3.05, 3.63) is 36.9 Å². The second kappa shape index (κ2) is 3.34. The first kappa shape index (κ1) is 8.90. The fraction of sp³-hybridized carbons (Fsp3) is 0.100. The van der Waals surface area contributed by atoms with Crippen molar-refractivity contribution >= 4 is 17.2 Å². The fourth-order valence-corrected chi connectivity index (χ4v) is 1.52. The summed E-state index contributed by atoms with van der Waals surface area (Å²) in [6, 6.07) is 3.72. The van der Waals surface area contributed by atoms with Crippen LogP contribution in [0.1, 0.15) is 0 Å². The molecule has 6 nitrogen and oxygen atoms in total. The molecule has 0 amide bonds. The average Bonchev–Trinajstić information content (AvgIpc) is 2.87. The summed E-state index contributed by atoms with van der Waals surface area (Å²) in [6.45, 7) is 0. The molecule has 0 aliphatic heterocycles. The number of nitrogens with zero attached hydrogens (tertiary/aromatic N) is 5. The van der Waals surface area contributed by atoms with Crippen molar-refractivity contribution in [2.45, 2.75) is 0 Å². The van der Waals surface area contributed by atoms with E-state index in [9.17, 15) is 0 Å². The summed E-state index contributed by atoms with van der Waals surface area (Å²) in [5.74, 6) is 0.779. The molecule has 3 heterocycles. The molecule has 0 atom stereocenters. The molecule has 3 aromatic heterocycles. The lowest BCUT2D eigenvalue weighted by Gasteiger charge is -2.02. The predicted octanol–water partition coefficient (Wildman–Crippen LogP) is 1.21. The number of nitrogens with one attached hydrogen (secondary N) is 1. The van der Waals surface area contributed by atoms with E-state index in [0.717, 1.165) is 17.2 Å². The van der Waals surface area contributed by atoms with Crippen LogP contribution >= 0.6 is 0 Å². The molecule has 0 saturated heterocycles. The molecular weight excluding hydrogens is 204 g/mol. The Morgan fingerprint density at radius 1 is 1.25 bits per heavy atom. The second-order valence-corrected chi connectivity index (χ2v) is 3.47. The minimum atomic E-state index is 0.779. The Labute approximate surface area is 91.5 Å². The molecule has 3 aromatic rings. The van der Waals surface area contributed by atoms with Gasteiger partial charge in [-0.3, -0.25) is 4.68 Å². The molecule has 0 bridgehead atoms. The highest BCUT2D eigenvalue weighted by atomic mass is 15.3. The van der Waals surface area contributed by atoms with Gasteiger partial charge < -0.3 is 5.32 Å². The van der Waals surface area contributed by atoms with Gasteiger partial charge in [-0.2, -0.15) is 10.2 Å². The summed E-state index contributed by atoms with van der Waals surface area (Å²) in [5.41, 5.74) is 1.73. The van der Waals surface area contributed by atoms with Crippen molar-refractivity contribution in [3.8, 4) is 0 Å². The van der Waals surface area contributed by atoms with E-state index in [1.807, 2.05) is 31.6 Å². The van der Waals surface area contributed by atoms with Gasteiger partial charge in [0.15, 0.2) is 5.65 Å². The third-order valence-electron chi connectivity index (χ3n) is 2.24. The Morgan fingerprint density at radius 3 is 3.00 bits per heavy atom. The Balaban J connectivity index is 1.94. The second-order valence-electron chi connectivity index (χ2n) is 3.47. The SMILES string of the molecule is Cn1cc(Nc2ccn3nccc3n2)cn1. The van der Waals surface area contributed by atoms with E-state index >= 15 is 0 Å². The van der Waals surface area contributed by atoms with E-state index in [1.165, 1.54) is 0 Å². The molecule has 0 aromatic carbocycles. The molecule has 3 rings (SSSR count). The number of aryl methyl sites for hydroxylation is 1. The van der Waals surface area contributed by atoms with Crippen LogP contribution in [0.15, 0.2) is 36.9 Å². The molecule has 0 spiro atoms. The molecule has 80 valence electrons. The molecule has 16 heavy (non-hydrogen) atoms. The quantitative estimate of drug-likeness (QED) is 0.696. The van der Waals surface area contributed by atoms with Crippen molar-refractivity contribution in [1.29, 1.82) is 0 Å². The Bertz CT molecular complexity index is 623. The molecule has 0 aliphatic carbocycles. The zero-order valence-corrected chi connectivity index (χ0v) is 8.70. The summed E-state index contributed by atoms with van der Waals surface area (Å²) >= 11 is 0. The number of anilines is 2. The van der Waals surface area contributed by atoms with Gasteiger partial charge in [-0.1, -0.05) is 0 Å². The molecular formula is C10H10N6. The van der Waals surface area contributed by atoms with Crippen LogP contribution in [0.3, 0.4) is 0 Å². The van der Waals surface area contributed by atoms with Gasteiger partial charge >= 0.3 is 0 Å². The van der Waals surface area contributed by atoms with Crippen molar-refractivity contribution in [3.63, 3.8) is 0 Å². The molecule has 0 radical (unpaired) electrons. The van der Waals surface area contributed by atoms with Gasteiger partial charge in [0, 0.05) is 25.5 Å². The lowest BCUT2D eigenvalue weighted by molar-refractivity contribution is 0.768. The minimum Gasteiger partial charge on any atom is -0.338 e. The average molecular weight is 214 g/mol. The molecule has 0 fully saturated rings. The van der Waals surface area contributed by atoms with Gasteiger partial charge in [-0.15, -0.1) is 0 Å². The summed E-state index contributed by atoms with van der Waals surface area (Å²) in [5, 5.41) is 11.3. The van der Waals surface area contributed by atoms with Gasteiger partial charge in [0.2, 0.25) is 0 Å². The fourth-order valence-electron chi connectivity index (χ4n) is 1.52. The van der Waals surface area contributed by atoms with E-state index < -0.39 is 0 Å². The molecule has 0 saturated carbocycles. The van der Waals surface area contributed by atoms with Crippen LogP contribution in [0.25, 0.3) is 5.65 Å². The topological polar surface area (TPSA) is 60.0 Å². The van der Waals surface area contributed by atoms with Crippen molar-refractivity contribution in [2.75, 3.05) is 5.32 Å². The highest BCUT2D eigenvalue weighted by Crippen LogP contribution is 2.13. The minimum absolute atomic E-state index is 0.779. The number of fused-ring (bicyclic) bond motifs is 1. The molecule has 0 aliphatic rings. The van der Waals surface area contributed by atoms with E-state index in [0.29, 0.717) is 0 Å². The van der Waals surface area contributed by atoms with Crippen LogP contribution in [0.2, 0.25) is 0 Å². The van der Waals surface area contributed by atoms with Gasteiger partial charge in [-0.05, 0) is 6.07 Å². The number of hydrogen-bond donors (Lipinski definition) is 1. The van der Waals surface area contributed by atoms with Crippen LogP contribution in [0.4, 0.5) is 11.5 Å². The van der Waals surface area contributed by atoms with Crippen molar-refractivity contribution < 1.29 is 0 Å². The maximum atomic E-state index is 4.39. The number of hydrogen-bond acceptors (Lipinski definition) is 4. The molecule has 1 N–H and O–H groups in total. The zero-order chi connectivity index (χ0) is 11.0. The largest absolute Gasteiger partial charge is 0.338 e. The Hall–Kier alpha value is -2.37. The highest BCUT2D eigenvalue weighted by molar-refractivity contribution is 5.56. The van der Waals surface area contributed by atoms with E-state index in [-0.39, 0.29) is 0 Å². The first-order chi connectivity index (χ1) is 7.81. The van der Waals surface area contributed by atoms with Crippen molar-refractivity contribution in [2.24, 2.45) is 7.05 Å². The smallest absolute Gasteiger partial charge is 0.157 e. The van der Waals surface area contributed by atoms with Gasteiger partial charge in [0.25, 0.3) is 0 Å². The Kier molecular flexibility index (Phi) is 1.86. The standard InChI is InChI=1S/C10H10N6/c1-15-7-8(6-12-15)13-9-3-5-16-10(14-9)2-4-11-16/h2-7H,1H3,(H,13,14). The van der Waals surface area contributed by atoms with Crippen LogP contribution in [-0.2, 0) is 7.05 Å². The summed E-state index contributed by atoms with van der Waals surface area (Å²) in [7, 11) is 1.87. The molecule has 0 unspecified atom stereocenters. The van der Waals surface area contributed by atoms with Gasteiger partial charge in [-0.25, -0.2) is 9.50 Å². The lowest BCUT2D eigenvalue weighted by Crippen LogP contribution is -1.95. The number of rotatable bonds is 2. The third-order valence-corrected chi connectivity index (χ3v) is 2.24. The maximum Gasteiger partial charge on any atom is 0.157 e. The third kappa shape index (κ3) is 1.50. The monoisotopic (exact) mass is 214 g/mol. The van der Waals surface area contributed by atoms with Gasteiger partial charge in [0.05, 0.1) is 18.1 Å². The van der Waals surface area contributed by atoms with E-state index in [4.69, 9.17) is 0 Å². The maximum absolute atomic E-state index is 4.39. The van der Waals surface area contributed by atoms with Crippen LogP contribution in [0.5, 0.6) is 0 Å². The predicted molar refractivity (Wildman–Crippen MR) is 59.5 cm³/mol. The highest BCUT2D eigenvalue weighted by Gasteiger charge is 2.00. The van der Waals surface area contributed by atoms with Crippen LogP contribution < -0.4 is 5.32 Å². The Morgan fingerprint density at radius 2 is 2.19 bits per heavy atom. The first-order valence-electron chi connectivity index (χ1n) is 4.87. The number of aromatic nitrogens is 5. The van der Waals surface area contributed by atoms with Gasteiger partial charge in [0.1, 0.15) is 5.82 Å². The summed E-state index contributed by atoms with van der Waals surface area (Å²) < 4.78 is 3.45. The summed E-state index contributed by atoms with van der Waals surface area (Å²) in [6.07, 6.45) is 7.22. The first-order valence-corrected chi connectivity index (χ1v) is 4.87. The van der Waals surface area contributed by atoms with Crippen LogP contribution in [0, 0.1) is 0 Å². The van der Waals surface area contributed by atoms with Crippen molar-refractivity contribution in [1.82, 2.24) is 24.4 Å². The van der Waals surface area contributed by atoms with Crippen LogP contribution in [-0.4, -0.2) is 24.4 Å². The summed E-state index contributed by atoms with van der Waals surface area (Å²) in [4.78, 5) is 4.39. The zero-order valence-electron chi connectivity index (χ0n) is 8.70.